The molecule has 1 fully saturated rings. The molecule has 1 atom stereocenters. The van der Waals surface area contributed by atoms with Gasteiger partial charge in [0, 0.05) is 25.1 Å². The molecule has 4 nitrogen and oxygen atoms in total. The van der Waals surface area contributed by atoms with Gasteiger partial charge >= 0.3 is 0 Å². The first kappa shape index (κ1) is 15.4. The minimum Gasteiger partial charge on any atom is -0.373 e. The van der Waals surface area contributed by atoms with Gasteiger partial charge in [0.2, 0.25) is 5.60 Å². The van der Waals surface area contributed by atoms with Crippen LogP contribution >= 0.6 is 0 Å². The van der Waals surface area contributed by atoms with Gasteiger partial charge in [0.15, 0.2) is 5.78 Å². The van der Waals surface area contributed by atoms with Crippen molar-refractivity contribution in [3.63, 3.8) is 0 Å². The minimum atomic E-state index is -1.88. The molecule has 0 aliphatic carbocycles. The summed E-state index contributed by atoms with van der Waals surface area (Å²) < 4.78 is 0. The van der Waals surface area contributed by atoms with Gasteiger partial charge < -0.3 is 10.0 Å². The highest BCUT2D eigenvalue weighted by Crippen LogP contribution is 2.30. The highest BCUT2D eigenvalue weighted by atomic mass is 16.3. The van der Waals surface area contributed by atoms with Crippen LogP contribution in [-0.2, 0) is 16.0 Å². The van der Waals surface area contributed by atoms with Gasteiger partial charge in [0.1, 0.15) is 0 Å². The maximum atomic E-state index is 12.5. The Morgan fingerprint density at radius 2 is 1.65 bits per heavy atom. The van der Waals surface area contributed by atoms with Crippen LogP contribution in [0, 0.1) is 0 Å². The average Bonchev–Trinajstić information content (AvgIpc) is 2.91. The van der Waals surface area contributed by atoms with Crippen molar-refractivity contribution in [3.8, 4) is 0 Å². The number of carbonyl (C=O) groups excluding carboxylic acids is 2. The quantitative estimate of drug-likeness (QED) is 0.863. The summed E-state index contributed by atoms with van der Waals surface area (Å²) >= 11 is 0. The van der Waals surface area contributed by atoms with E-state index in [1.165, 1.54) is 4.90 Å². The molecular formula is C19H19NO3. The van der Waals surface area contributed by atoms with Gasteiger partial charge in [-0.2, -0.15) is 0 Å². The van der Waals surface area contributed by atoms with Crippen molar-refractivity contribution in [2.45, 2.75) is 24.9 Å². The number of anilines is 1. The maximum Gasteiger partial charge on any atom is 0.266 e. The summed E-state index contributed by atoms with van der Waals surface area (Å²) in [5.41, 5.74) is -0.149. The van der Waals surface area contributed by atoms with Gasteiger partial charge in [0.05, 0.1) is 0 Å². The van der Waals surface area contributed by atoms with Crippen LogP contribution in [0.15, 0.2) is 60.7 Å². The molecule has 118 valence electrons. The van der Waals surface area contributed by atoms with Crippen LogP contribution in [0.5, 0.6) is 0 Å². The fraction of sp³-hybridized carbons (Fsp3) is 0.263. The summed E-state index contributed by atoms with van der Waals surface area (Å²) in [7, 11) is 0. The molecule has 0 radical (unpaired) electrons. The number of nitrogens with zero attached hydrogens (tertiary/aromatic N) is 1. The normalized spacial score (nSPS) is 20.7. The van der Waals surface area contributed by atoms with Crippen molar-refractivity contribution >= 4 is 17.4 Å². The van der Waals surface area contributed by atoms with Crippen LogP contribution in [0.25, 0.3) is 0 Å². The highest BCUT2D eigenvalue weighted by Gasteiger charge is 2.50. The van der Waals surface area contributed by atoms with Crippen LogP contribution in [-0.4, -0.2) is 28.9 Å². The zero-order chi connectivity index (χ0) is 16.3. The number of amides is 1. The molecule has 1 aliphatic rings. The van der Waals surface area contributed by atoms with E-state index in [0.717, 1.165) is 5.56 Å². The van der Waals surface area contributed by atoms with Gasteiger partial charge in [-0.05, 0) is 24.1 Å². The van der Waals surface area contributed by atoms with E-state index in [2.05, 4.69) is 0 Å². The van der Waals surface area contributed by atoms with Crippen molar-refractivity contribution in [1.29, 1.82) is 0 Å². The second-order valence-electron chi connectivity index (χ2n) is 5.81. The Bertz CT molecular complexity index is 699. The molecule has 1 saturated heterocycles. The number of Topliss-reactive ketones (excluding diaryl/α,β-unsaturated/α-hetero) is 1. The lowest BCUT2D eigenvalue weighted by Gasteiger charge is -2.21. The summed E-state index contributed by atoms with van der Waals surface area (Å²) in [6.45, 7) is 0.358. The number of benzene rings is 2. The molecule has 0 bridgehead atoms. The Labute approximate surface area is 135 Å². The Hall–Kier alpha value is -2.46. The van der Waals surface area contributed by atoms with E-state index in [9.17, 15) is 14.7 Å². The Kier molecular flexibility index (Phi) is 4.26. The molecule has 3 rings (SSSR count). The number of ketones is 1. The molecule has 0 aromatic heterocycles. The Morgan fingerprint density at radius 3 is 2.30 bits per heavy atom. The van der Waals surface area contributed by atoms with Crippen LogP contribution in [0.3, 0.4) is 0 Å². The van der Waals surface area contributed by atoms with Crippen molar-refractivity contribution < 1.29 is 14.7 Å². The van der Waals surface area contributed by atoms with Gasteiger partial charge in [-0.3, -0.25) is 9.59 Å². The lowest BCUT2D eigenvalue weighted by atomic mass is 9.92. The molecule has 0 saturated carbocycles. The molecule has 4 heteroatoms. The molecule has 1 heterocycles. The molecule has 2 aromatic carbocycles. The minimum absolute atomic E-state index is 0.147. The predicted octanol–water partition coefficient (Wildman–Crippen LogP) is 2.36. The SMILES string of the molecule is O=C(CCc1ccccc1)[C@]1(O)CCN(c2ccccc2)C1=O. The largest absolute Gasteiger partial charge is 0.373 e. The lowest BCUT2D eigenvalue weighted by Crippen LogP contribution is -2.47. The van der Waals surface area contributed by atoms with E-state index >= 15 is 0 Å². The fourth-order valence-electron chi connectivity index (χ4n) is 2.93. The highest BCUT2D eigenvalue weighted by molar-refractivity contribution is 6.17. The van der Waals surface area contributed by atoms with Crippen molar-refractivity contribution in [2.24, 2.45) is 0 Å². The van der Waals surface area contributed by atoms with Crippen LogP contribution in [0.2, 0.25) is 0 Å². The lowest BCUT2D eigenvalue weighted by molar-refractivity contribution is -0.147. The van der Waals surface area contributed by atoms with Crippen LogP contribution in [0.4, 0.5) is 5.69 Å². The fourth-order valence-corrected chi connectivity index (χ4v) is 2.93. The zero-order valence-corrected chi connectivity index (χ0v) is 12.8. The molecule has 0 unspecified atom stereocenters. The van der Waals surface area contributed by atoms with E-state index < -0.39 is 17.3 Å². The standard InChI is InChI=1S/C19H19NO3/c21-17(12-11-15-7-3-1-4-8-15)19(23)13-14-20(18(19)22)16-9-5-2-6-10-16/h1-10,23H,11-14H2/t19-/m1/s1. The number of carbonyl (C=O) groups is 2. The Balaban J connectivity index is 1.69. The zero-order valence-electron chi connectivity index (χ0n) is 12.8. The predicted molar refractivity (Wildman–Crippen MR) is 88.1 cm³/mol. The van der Waals surface area contributed by atoms with E-state index in [1.54, 1.807) is 12.1 Å². The van der Waals surface area contributed by atoms with Crippen LogP contribution in [0.1, 0.15) is 18.4 Å². The first-order chi connectivity index (χ1) is 11.1. The van der Waals surface area contributed by atoms with E-state index in [1.807, 2.05) is 48.5 Å². The number of para-hydroxylation sites is 1. The number of aliphatic hydroxyl groups is 1. The maximum absolute atomic E-state index is 12.5. The first-order valence-electron chi connectivity index (χ1n) is 7.78. The number of hydrogen-bond donors (Lipinski definition) is 1. The average molecular weight is 309 g/mol. The third-order valence-corrected chi connectivity index (χ3v) is 4.31. The molecular weight excluding hydrogens is 290 g/mol. The monoisotopic (exact) mass is 309 g/mol. The molecule has 0 spiro atoms. The summed E-state index contributed by atoms with van der Waals surface area (Å²) in [4.78, 5) is 26.5. The second kappa shape index (κ2) is 6.34. The first-order valence-corrected chi connectivity index (χ1v) is 7.78. The van der Waals surface area contributed by atoms with Crippen molar-refractivity contribution in [2.75, 3.05) is 11.4 Å². The van der Waals surface area contributed by atoms with Gasteiger partial charge in [-0.25, -0.2) is 0 Å². The summed E-state index contributed by atoms with van der Waals surface area (Å²) in [6, 6.07) is 18.7. The van der Waals surface area contributed by atoms with E-state index in [-0.39, 0.29) is 12.8 Å². The van der Waals surface area contributed by atoms with E-state index in [4.69, 9.17) is 0 Å². The molecule has 1 N–H and O–H groups in total. The summed E-state index contributed by atoms with van der Waals surface area (Å²) in [6.07, 6.45) is 0.837. The Morgan fingerprint density at radius 1 is 1.04 bits per heavy atom. The second-order valence-corrected chi connectivity index (χ2v) is 5.81. The third kappa shape index (κ3) is 3.03. The summed E-state index contributed by atoms with van der Waals surface area (Å²) in [5, 5.41) is 10.6. The number of hydrogen-bond acceptors (Lipinski definition) is 3. The summed E-state index contributed by atoms with van der Waals surface area (Å²) in [5.74, 6) is -0.911. The van der Waals surface area contributed by atoms with Crippen molar-refractivity contribution in [1.82, 2.24) is 0 Å². The van der Waals surface area contributed by atoms with E-state index in [0.29, 0.717) is 18.7 Å². The topological polar surface area (TPSA) is 57.6 Å². The van der Waals surface area contributed by atoms with Gasteiger partial charge in [-0.1, -0.05) is 48.5 Å². The third-order valence-electron chi connectivity index (χ3n) is 4.31. The molecule has 2 aromatic rings. The smallest absolute Gasteiger partial charge is 0.266 e. The molecule has 1 aliphatic heterocycles. The van der Waals surface area contributed by atoms with Gasteiger partial charge in [0.25, 0.3) is 5.91 Å². The van der Waals surface area contributed by atoms with Crippen molar-refractivity contribution in [3.05, 3.63) is 66.2 Å². The molecule has 23 heavy (non-hydrogen) atoms. The number of aryl methyl sites for hydroxylation is 1. The van der Waals surface area contributed by atoms with Crippen LogP contribution < -0.4 is 4.90 Å². The van der Waals surface area contributed by atoms with Gasteiger partial charge in [-0.15, -0.1) is 0 Å². The molecule has 1 amide bonds. The number of rotatable bonds is 5.